The molecule has 1 fully saturated rings. The zero-order valence-electron chi connectivity index (χ0n) is 18.9. The molecule has 1 atom stereocenters. The highest BCUT2D eigenvalue weighted by molar-refractivity contribution is 5.95. The minimum atomic E-state index is 0.133. The van der Waals surface area contributed by atoms with Crippen molar-refractivity contribution in [1.82, 2.24) is 24.1 Å². The van der Waals surface area contributed by atoms with Crippen molar-refractivity contribution in [2.24, 2.45) is 0 Å². The SMILES string of the molecule is Cc1cc(C(=O)N2CCC(c3nnc4ccccn34)CC2)c(C)n1C(C)c1ccccc1. The molecule has 0 spiro atoms. The van der Waals surface area contributed by atoms with Gasteiger partial charge in [-0.05, 0) is 57.4 Å². The van der Waals surface area contributed by atoms with E-state index in [0.29, 0.717) is 5.92 Å². The minimum Gasteiger partial charge on any atom is -0.341 e. The number of fused-ring (bicyclic) bond motifs is 1. The average Bonchev–Trinajstić information content (AvgIpc) is 3.39. The predicted octanol–water partition coefficient (Wildman–Crippen LogP) is 4.78. The summed E-state index contributed by atoms with van der Waals surface area (Å²) in [4.78, 5) is 15.4. The first-order valence-electron chi connectivity index (χ1n) is 11.4. The van der Waals surface area contributed by atoms with E-state index >= 15 is 0 Å². The van der Waals surface area contributed by atoms with Crippen LogP contribution < -0.4 is 0 Å². The van der Waals surface area contributed by atoms with Crippen molar-refractivity contribution >= 4 is 11.6 Å². The maximum absolute atomic E-state index is 13.4. The Morgan fingerprint density at radius 3 is 2.47 bits per heavy atom. The second-order valence-electron chi connectivity index (χ2n) is 8.79. The highest BCUT2D eigenvalue weighted by Crippen LogP contribution is 2.30. The van der Waals surface area contributed by atoms with Crippen LogP contribution in [0.1, 0.15) is 64.9 Å². The molecular formula is C26H29N5O. The number of nitrogens with zero attached hydrogens (tertiary/aromatic N) is 5. The van der Waals surface area contributed by atoms with Gasteiger partial charge in [-0.15, -0.1) is 10.2 Å². The fourth-order valence-electron chi connectivity index (χ4n) is 5.12. The molecule has 0 saturated carbocycles. The Kier molecular flexibility index (Phi) is 5.29. The molecule has 6 nitrogen and oxygen atoms in total. The van der Waals surface area contributed by atoms with Gasteiger partial charge < -0.3 is 9.47 Å². The number of amides is 1. The van der Waals surface area contributed by atoms with E-state index in [1.54, 1.807) is 0 Å². The quantitative estimate of drug-likeness (QED) is 0.471. The first kappa shape index (κ1) is 20.5. The van der Waals surface area contributed by atoms with Crippen molar-refractivity contribution in [1.29, 1.82) is 0 Å². The maximum atomic E-state index is 13.4. The van der Waals surface area contributed by atoms with E-state index in [0.717, 1.165) is 54.4 Å². The third-order valence-electron chi connectivity index (χ3n) is 6.87. The number of hydrogen-bond donors (Lipinski definition) is 0. The monoisotopic (exact) mass is 427 g/mol. The van der Waals surface area contributed by atoms with E-state index < -0.39 is 0 Å². The van der Waals surface area contributed by atoms with E-state index in [-0.39, 0.29) is 11.9 Å². The van der Waals surface area contributed by atoms with Crippen LogP contribution in [-0.2, 0) is 0 Å². The summed E-state index contributed by atoms with van der Waals surface area (Å²) < 4.78 is 4.35. The summed E-state index contributed by atoms with van der Waals surface area (Å²) in [6.07, 6.45) is 3.83. The number of aryl methyl sites for hydroxylation is 1. The van der Waals surface area contributed by atoms with Crippen LogP contribution in [0.15, 0.2) is 60.8 Å². The number of pyridine rings is 1. The number of carbonyl (C=O) groups excluding carboxylic acids is 1. The van der Waals surface area contributed by atoms with Gasteiger partial charge in [-0.2, -0.15) is 0 Å². The third-order valence-corrected chi connectivity index (χ3v) is 6.87. The van der Waals surface area contributed by atoms with Crippen molar-refractivity contribution in [2.45, 2.75) is 45.6 Å². The topological polar surface area (TPSA) is 55.4 Å². The molecule has 1 aliphatic heterocycles. The molecule has 0 bridgehead atoms. The lowest BCUT2D eigenvalue weighted by molar-refractivity contribution is 0.0710. The van der Waals surface area contributed by atoms with Crippen LogP contribution in [0, 0.1) is 13.8 Å². The molecule has 3 aromatic heterocycles. The van der Waals surface area contributed by atoms with Crippen molar-refractivity contribution in [2.75, 3.05) is 13.1 Å². The Labute approximate surface area is 188 Å². The van der Waals surface area contributed by atoms with Crippen molar-refractivity contribution in [3.63, 3.8) is 0 Å². The van der Waals surface area contributed by atoms with Gasteiger partial charge in [0.15, 0.2) is 5.65 Å². The largest absolute Gasteiger partial charge is 0.341 e. The summed E-state index contributed by atoms with van der Waals surface area (Å²) in [5, 5.41) is 8.72. The van der Waals surface area contributed by atoms with Gasteiger partial charge in [-0.3, -0.25) is 9.20 Å². The van der Waals surface area contributed by atoms with Gasteiger partial charge in [0.25, 0.3) is 5.91 Å². The molecular weight excluding hydrogens is 398 g/mol. The van der Waals surface area contributed by atoms with Crippen LogP contribution >= 0.6 is 0 Å². The number of rotatable bonds is 4. The molecule has 32 heavy (non-hydrogen) atoms. The normalized spacial score (nSPS) is 15.9. The van der Waals surface area contributed by atoms with Crippen LogP contribution in [0.25, 0.3) is 5.65 Å². The van der Waals surface area contributed by atoms with Gasteiger partial charge in [0, 0.05) is 36.6 Å². The lowest BCUT2D eigenvalue weighted by Gasteiger charge is -2.31. The van der Waals surface area contributed by atoms with Crippen molar-refractivity contribution in [3.05, 3.63) is 89.1 Å². The maximum Gasteiger partial charge on any atom is 0.255 e. The number of likely N-dealkylation sites (tertiary alicyclic amines) is 1. The van der Waals surface area contributed by atoms with Gasteiger partial charge in [0.05, 0.1) is 11.6 Å². The van der Waals surface area contributed by atoms with E-state index in [2.05, 4.69) is 70.3 Å². The molecule has 1 amide bonds. The zero-order valence-corrected chi connectivity index (χ0v) is 18.9. The number of piperidine rings is 1. The van der Waals surface area contributed by atoms with E-state index in [4.69, 9.17) is 0 Å². The number of benzene rings is 1. The van der Waals surface area contributed by atoms with E-state index in [1.165, 1.54) is 5.56 Å². The molecule has 1 saturated heterocycles. The Morgan fingerprint density at radius 1 is 1.00 bits per heavy atom. The molecule has 0 aliphatic carbocycles. The van der Waals surface area contributed by atoms with E-state index in [9.17, 15) is 4.79 Å². The van der Waals surface area contributed by atoms with Gasteiger partial charge in [-0.1, -0.05) is 36.4 Å². The Balaban J connectivity index is 1.32. The Morgan fingerprint density at radius 2 is 1.72 bits per heavy atom. The summed E-state index contributed by atoms with van der Waals surface area (Å²) in [5.74, 6) is 1.46. The van der Waals surface area contributed by atoms with Crippen LogP contribution in [0.2, 0.25) is 0 Å². The number of carbonyl (C=O) groups is 1. The Bertz CT molecular complexity index is 1250. The van der Waals surface area contributed by atoms with Crippen LogP contribution in [0.5, 0.6) is 0 Å². The fraction of sp³-hybridized carbons (Fsp3) is 0.346. The highest BCUT2D eigenvalue weighted by atomic mass is 16.2. The third kappa shape index (κ3) is 3.49. The summed E-state index contributed by atoms with van der Waals surface area (Å²) >= 11 is 0. The second kappa shape index (κ2) is 8.26. The molecule has 4 heterocycles. The first-order chi connectivity index (χ1) is 15.5. The standard InChI is InChI=1S/C26H29N5O/c1-18-17-23(20(3)31(18)19(2)21-9-5-4-6-10-21)26(32)29-15-12-22(13-16-29)25-28-27-24-11-7-8-14-30(24)25/h4-11,14,17,19,22H,12-13,15-16H2,1-3H3. The van der Waals surface area contributed by atoms with E-state index in [1.807, 2.05) is 35.4 Å². The van der Waals surface area contributed by atoms with Crippen LogP contribution in [0.3, 0.4) is 0 Å². The lowest BCUT2D eigenvalue weighted by atomic mass is 9.95. The molecule has 1 aromatic carbocycles. The Hall–Kier alpha value is -3.41. The summed E-state index contributed by atoms with van der Waals surface area (Å²) in [7, 11) is 0. The van der Waals surface area contributed by atoms with Crippen LogP contribution in [-0.4, -0.2) is 43.1 Å². The predicted molar refractivity (Wildman–Crippen MR) is 125 cm³/mol. The summed E-state index contributed by atoms with van der Waals surface area (Å²) in [5.41, 5.74) is 5.09. The van der Waals surface area contributed by atoms with Crippen LogP contribution in [0.4, 0.5) is 0 Å². The van der Waals surface area contributed by atoms with Gasteiger partial charge >= 0.3 is 0 Å². The summed E-state index contributed by atoms with van der Waals surface area (Å²) in [6.45, 7) is 7.82. The zero-order chi connectivity index (χ0) is 22.2. The highest BCUT2D eigenvalue weighted by Gasteiger charge is 2.29. The summed E-state index contributed by atoms with van der Waals surface area (Å²) in [6, 6.07) is 18.6. The van der Waals surface area contributed by atoms with Crippen molar-refractivity contribution < 1.29 is 4.79 Å². The molecule has 4 aromatic rings. The van der Waals surface area contributed by atoms with Gasteiger partial charge in [0.1, 0.15) is 5.82 Å². The lowest BCUT2D eigenvalue weighted by Crippen LogP contribution is -2.38. The molecule has 0 radical (unpaired) electrons. The van der Waals surface area contributed by atoms with Gasteiger partial charge in [-0.25, -0.2) is 0 Å². The molecule has 1 aliphatic rings. The van der Waals surface area contributed by atoms with Crippen molar-refractivity contribution in [3.8, 4) is 0 Å². The average molecular weight is 428 g/mol. The molecule has 0 N–H and O–H groups in total. The fourth-order valence-corrected chi connectivity index (χ4v) is 5.12. The molecule has 6 heteroatoms. The molecule has 164 valence electrons. The second-order valence-corrected chi connectivity index (χ2v) is 8.79. The first-order valence-corrected chi connectivity index (χ1v) is 11.4. The minimum absolute atomic E-state index is 0.133. The number of aromatic nitrogens is 4. The molecule has 1 unspecified atom stereocenters. The number of hydrogen-bond acceptors (Lipinski definition) is 3. The smallest absolute Gasteiger partial charge is 0.255 e. The van der Waals surface area contributed by atoms with Gasteiger partial charge in [0.2, 0.25) is 0 Å². The molecule has 5 rings (SSSR count).